The molecule has 0 unspecified atom stereocenters. The van der Waals surface area contributed by atoms with Crippen molar-refractivity contribution >= 4 is 50.4 Å². The summed E-state index contributed by atoms with van der Waals surface area (Å²) in [5, 5.41) is 26.3. The molecule has 6 aromatic carbocycles. The van der Waals surface area contributed by atoms with E-state index in [9.17, 15) is 10.5 Å². The van der Waals surface area contributed by atoms with E-state index in [0.717, 1.165) is 66.8 Å². The molecule has 1 heterocycles. The van der Waals surface area contributed by atoms with E-state index in [-0.39, 0.29) is 22.0 Å². The predicted octanol–water partition coefficient (Wildman–Crippen LogP) is 15.4. The molecule has 0 spiro atoms. The molecule has 0 atom stereocenters. The summed E-state index contributed by atoms with van der Waals surface area (Å²) in [7, 11) is 2.08. The van der Waals surface area contributed by atoms with Crippen molar-refractivity contribution in [3.05, 3.63) is 162 Å². The van der Waals surface area contributed by atoms with E-state index in [1.807, 2.05) is 60.0 Å². The fourth-order valence-corrected chi connectivity index (χ4v) is 7.84. The van der Waals surface area contributed by atoms with Crippen LogP contribution < -0.4 is 15.0 Å². The number of para-hydroxylation sites is 4. The molecule has 0 radical (unpaired) electrons. The average Bonchev–Trinajstić information content (AvgIpc) is 3.53. The number of allylic oxidation sites excluding steroid dienone is 4. The lowest BCUT2D eigenvalue weighted by atomic mass is 9.85. The summed E-state index contributed by atoms with van der Waals surface area (Å²) in [6.45, 7) is 21.8. The second-order valence-electron chi connectivity index (χ2n) is 19.1. The average molecular weight is 809 g/mol. The first kappa shape index (κ1) is 42.6. The Kier molecular flexibility index (Phi) is 11.5. The standard InChI is InChI=1S/C55H60N4O2/c1-12-19-36(53(2,3)4)33-52(56)59-47-23-16-13-20-42(47)43-29-27-40(35-50(43)59)61-41-31-38(55(8,9)10)30-39(34-41)57-46-22-15-17-24-48(46)58(11)49-32-37(54(5,6)7)26-28-44(49)45-21-14-18-25-51(45)60/h12-35,56-57,60H,1-11H3/b19-12-,36-33+,56-52?. The molecule has 0 saturated heterocycles. The summed E-state index contributed by atoms with van der Waals surface area (Å²) < 4.78 is 8.82. The Balaban J connectivity index is 1.29. The van der Waals surface area contributed by atoms with E-state index in [1.165, 1.54) is 5.56 Å². The molecule has 1 aromatic heterocycles. The van der Waals surface area contributed by atoms with Crippen LogP contribution in [0.1, 0.15) is 80.4 Å². The zero-order valence-electron chi connectivity index (χ0n) is 37.6. The number of aromatic nitrogens is 1. The maximum atomic E-state index is 11.0. The number of nitrogens with one attached hydrogen (secondary N) is 2. The number of ether oxygens (including phenoxy) is 1. The topological polar surface area (TPSA) is 73.5 Å². The Labute approximate surface area is 362 Å². The number of hydrogen-bond donors (Lipinski definition) is 3. The van der Waals surface area contributed by atoms with Crippen molar-refractivity contribution in [1.29, 1.82) is 5.41 Å². The van der Waals surface area contributed by atoms with Crippen LogP contribution in [0.2, 0.25) is 0 Å². The van der Waals surface area contributed by atoms with Crippen LogP contribution in [0.25, 0.3) is 32.9 Å². The number of benzene rings is 6. The van der Waals surface area contributed by atoms with E-state index < -0.39 is 0 Å². The molecule has 6 heteroatoms. The Bertz CT molecular complexity index is 2820. The largest absolute Gasteiger partial charge is 0.507 e. The molecule has 0 aliphatic rings. The quantitative estimate of drug-likeness (QED) is 0.0771. The van der Waals surface area contributed by atoms with Gasteiger partial charge in [-0.25, -0.2) is 0 Å². The molecular weight excluding hydrogens is 749 g/mol. The molecule has 0 aliphatic carbocycles. The zero-order chi connectivity index (χ0) is 43.9. The Hall–Kier alpha value is -6.53. The summed E-state index contributed by atoms with van der Waals surface area (Å²) in [4.78, 5) is 2.20. The lowest BCUT2D eigenvalue weighted by Gasteiger charge is -2.29. The second kappa shape index (κ2) is 16.5. The monoisotopic (exact) mass is 808 g/mol. The van der Waals surface area contributed by atoms with Crippen molar-refractivity contribution in [2.75, 3.05) is 17.3 Å². The smallest absolute Gasteiger partial charge is 0.130 e. The van der Waals surface area contributed by atoms with Gasteiger partial charge in [-0.05, 0) is 101 Å². The predicted molar refractivity (Wildman–Crippen MR) is 260 cm³/mol. The summed E-state index contributed by atoms with van der Waals surface area (Å²) in [6.07, 6.45) is 6.11. The number of rotatable bonds is 9. The van der Waals surface area contributed by atoms with Gasteiger partial charge in [-0.15, -0.1) is 0 Å². The minimum Gasteiger partial charge on any atom is -0.507 e. The molecule has 0 bridgehead atoms. The lowest BCUT2D eigenvalue weighted by Crippen LogP contribution is -2.16. The number of anilines is 4. The third-order valence-corrected chi connectivity index (χ3v) is 11.4. The van der Waals surface area contributed by atoms with Gasteiger partial charge < -0.3 is 20.1 Å². The van der Waals surface area contributed by atoms with E-state index in [0.29, 0.717) is 17.3 Å². The molecule has 7 aromatic rings. The van der Waals surface area contributed by atoms with E-state index >= 15 is 0 Å². The van der Waals surface area contributed by atoms with Gasteiger partial charge in [0.1, 0.15) is 23.1 Å². The number of aromatic hydroxyl groups is 1. The van der Waals surface area contributed by atoms with Gasteiger partial charge in [0.2, 0.25) is 0 Å². The summed E-state index contributed by atoms with van der Waals surface area (Å²) in [6, 6.07) is 43.2. The molecule has 3 N–H and O–H groups in total. The summed E-state index contributed by atoms with van der Waals surface area (Å²) >= 11 is 0. The SMILES string of the molecule is C/C=C\C(=C/C(=N)n1c2ccccc2c2ccc(Oc3cc(Nc4ccccc4N(C)c4cc(C(C)(C)C)ccc4-c4ccccc4O)cc(C(C)(C)C)c3)cc21)C(C)(C)C. The van der Waals surface area contributed by atoms with Crippen molar-refractivity contribution in [3.63, 3.8) is 0 Å². The first-order chi connectivity index (χ1) is 28.8. The molecular formula is C55H60N4O2. The van der Waals surface area contributed by atoms with Crippen molar-refractivity contribution in [1.82, 2.24) is 4.57 Å². The zero-order valence-corrected chi connectivity index (χ0v) is 37.6. The lowest BCUT2D eigenvalue weighted by molar-refractivity contribution is 0.477. The first-order valence-corrected chi connectivity index (χ1v) is 21.2. The third-order valence-electron chi connectivity index (χ3n) is 11.4. The minimum atomic E-state index is -0.165. The van der Waals surface area contributed by atoms with Crippen LogP contribution in [0.15, 0.2) is 151 Å². The van der Waals surface area contributed by atoms with Gasteiger partial charge in [0, 0.05) is 52.5 Å². The van der Waals surface area contributed by atoms with Crippen LogP contribution in [-0.4, -0.2) is 22.6 Å². The molecule has 0 amide bonds. The third kappa shape index (κ3) is 9.00. The van der Waals surface area contributed by atoms with Gasteiger partial charge in [0.25, 0.3) is 0 Å². The van der Waals surface area contributed by atoms with E-state index in [4.69, 9.17) is 4.74 Å². The van der Waals surface area contributed by atoms with Crippen molar-refractivity contribution < 1.29 is 9.84 Å². The first-order valence-electron chi connectivity index (χ1n) is 21.2. The van der Waals surface area contributed by atoms with Crippen molar-refractivity contribution in [2.24, 2.45) is 5.41 Å². The molecule has 7 rings (SSSR count). The molecule has 61 heavy (non-hydrogen) atoms. The Morgan fingerprint density at radius 1 is 0.656 bits per heavy atom. The molecule has 6 nitrogen and oxygen atoms in total. The van der Waals surface area contributed by atoms with Crippen LogP contribution in [0.3, 0.4) is 0 Å². The van der Waals surface area contributed by atoms with Crippen LogP contribution in [-0.2, 0) is 10.8 Å². The highest BCUT2D eigenvalue weighted by Gasteiger charge is 2.23. The fraction of sp³-hybridized carbons (Fsp3) is 0.255. The maximum absolute atomic E-state index is 11.0. The van der Waals surface area contributed by atoms with E-state index in [2.05, 4.69) is 171 Å². The highest BCUT2D eigenvalue weighted by Crippen LogP contribution is 2.44. The van der Waals surface area contributed by atoms with E-state index in [1.54, 1.807) is 6.07 Å². The highest BCUT2D eigenvalue weighted by atomic mass is 16.5. The number of fused-ring (bicyclic) bond motifs is 3. The van der Waals surface area contributed by atoms with Crippen LogP contribution in [0.4, 0.5) is 22.7 Å². The van der Waals surface area contributed by atoms with Gasteiger partial charge >= 0.3 is 0 Å². The van der Waals surface area contributed by atoms with Crippen LogP contribution in [0.5, 0.6) is 17.2 Å². The molecule has 312 valence electrons. The van der Waals surface area contributed by atoms with Gasteiger partial charge in [-0.1, -0.05) is 135 Å². The molecule has 0 aliphatic heterocycles. The minimum absolute atomic E-state index is 0.0731. The van der Waals surface area contributed by atoms with Crippen molar-refractivity contribution in [3.8, 4) is 28.4 Å². The van der Waals surface area contributed by atoms with Crippen LogP contribution in [0, 0.1) is 10.8 Å². The second-order valence-corrected chi connectivity index (χ2v) is 19.1. The number of nitrogens with zero attached hydrogens (tertiary/aromatic N) is 2. The van der Waals surface area contributed by atoms with Crippen molar-refractivity contribution in [2.45, 2.75) is 80.1 Å². The Morgan fingerprint density at radius 2 is 1.33 bits per heavy atom. The maximum Gasteiger partial charge on any atom is 0.130 e. The highest BCUT2D eigenvalue weighted by molar-refractivity contribution is 6.16. The van der Waals surface area contributed by atoms with Gasteiger partial charge in [-0.3, -0.25) is 9.98 Å². The number of phenolic OH excluding ortho intramolecular Hbond substituents is 1. The summed E-state index contributed by atoms with van der Waals surface area (Å²) in [5.41, 5.74) is 10.5. The molecule has 0 saturated carbocycles. The molecule has 0 fully saturated rings. The van der Waals surface area contributed by atoms with Gasteiger partial charge in [0.05, 0.1) is 22.4 Å². The number of phenols is 1. The van der Waals surface area contributed by atoms with Gasteiger partial charge in [-0.2, -0.15) is 0 Å². The normalized spacial score (nSPS) is 12.7. The number of hydrogen-bond acceptors (Lipinski definition) is 5. The Morgan fingerprint density at radius 3 is 2.03 bits per heavy atom. The van der Waals surface area contributed by atoms with Gasteiger partial charge in [0.15, 0.2) is 0 Å². The summed E-state index contributed by atoms with van der Waals surface area (Å²) in [5.74, 6) is 2.04. The van der Waals surface area contributed by atoms with Crippen LogP contribution >= 0.6 is 0 Å². The fourth-order valence-electron chi connectivity index (χ4n) is 7.84.